The number of nitrogens with one attached hydrogen (secondary N) is 1. The van der Waals surface area contributed by atoms with Crippen molar-refractivity contribution in [1.29, 1.82) is 0 Å². The Bertz CT molecular complexity index is 727. The van der Waals surface area contributed by atoms with Gasteiger partial charge in [0.15, 0.2) is 0 Å². The molecule has 7 heteroatoms. The van der Waals surface area contributed by atoms with Gasteiger partial charge in [-0.15, -0.1) is 0 Å². The molecule has 164 valence electrons. The highest BCUT2D eigenvalue weighted by molar-refractivity contribution is 5.91. The molecular formula is C23H34N4O3. The van der Waals surface area contributed by atoms with Gasteiger partial charge in [-0.05, 0) is 49.8 Å². The molecule has 3 amide bonds. The van der Waals surface area contributed by atoms with Gasteiger partial charge in [0.2, 0.25) is 5.91 Å². The maximum atomic E-state index is 13.4. The number of aromatic nitrogens is 1. The largest absolute Gasteiger partial charge is 0.385 e. The zero-order valence-corrected chi connectivity index (χ0v) is 18.0. The van der Waals surface area contributed by atoms with Crippen molar-refractivity contribution in [2.75, 3.05) is 33.4 Å². The van der Waals surface area contributed by atoms with E-state index in [0.29, 0.717) is 32.1 Å². The molecule has 1 aromatic heterocycles. The molecule has 1 aliphatic carbocycles. The lowest BCUT2D eigenvalue weighted by Gasteiger charge is -2.61. The lowest BCUT2D eigenvalue weighted by Crippen LogP contribution is -2.68. The molecular weight excluding hydrogens is 380 g/mol. The fourth-order valence-electron chi connectivity index (χ4n) is 5.63. The number of hydrogen-bond donors (Lipinski definition) is 1. The van der Waals surface area contributed by atoms with Crippen LogP contribution in [0.2, 0.25) is 0 Å². The van der Waals surface area contributed by atoms with E-state index in [1.54, 1.807) is 7.11 Å². The number of amides is 3. The summed E-state index contributed by atoms with van der Waals surface area (Å²) in [7, 11) is 1.67. The van der Waals surface area contributed by atoms with Gasteiger partial charge in [-0.1, -0.05) is 19.3 Å². The quantitative estimate of drug-likeness (QED) is 0.573. The number of nitrogens with zero attached hydrogens (tertiary/aromatic N) is 3. The van der Waals surface area contributed by atoms with E-state index in [1.807, 2.05) is 17.3 Å². The molecule has 1 saturated carbocycles. The van der Waals surface area contributed by atoms with Crippen LogP contribution in [0, 0.1) is 5.41 Å². The summed E-state index contributed by atoms with van der Waals surface area (Å²) in [5, 5.41) is 2.97. The molecule has 0 radical (unpaired) electrons. The second-order valence-corrected chi connectivity index (χ2v) is 8.91. The Morgan fingerprint density at radius 2 is 1.90 bits per heavy atom. The molecule has 3 fully saturated rings. The third-order valence-electron chi connectivity index (χ3n) is 7.18. The number of carbonyl (C=O) groups excluding carboxylic acids is 2. The van der Waals surface area contributed by atoms with Gasteiger partial charge in [0.05, 0.1) is 11.5 Å². The average Bonchev–Trinajstić information content (AvgIpc) is 2.81. The molecule has 3 aliphatic rings. The first kappa shape index (κ1) is 21.1. The lowest BCUT2D eigenvalue weighted by atomic mass is 9.59. The average molecular weight is 415 g/mol. The van der Waals surface area contributed by atoms with E-state index in [1.165, 1.54) is 12.0 Å². The molecule has 7 nitrogen and oxygen atoms in total. The van der Waals surface area contributed by atoms with Crippen molar-refractivity contribution in [2.45, 2.75) is 63.5 Å². The van der Waals surface area contributed by atoms with E-state index in [2.05, 4.69) is 27.3 Å². The Labute approximate surface area is 179 Å². The SMILES string of the molecule is COCCCNC(=O)N1CCC(N2C(=O)C3(CCCCC3)C2c2ccncc2)CC1. The van der Waals surface area contributed by atoms with Gasteiger partial charge in [0, 0.05) is 51.8 Å². The number of urea groups is 1. The van der Waals surface area contributed by atoms with E-state index in [4.69, 9.17) is 4.74 Å². The monoisotopic (exact) mass is 414 g/mol. The van der Waals surface area contributed by atoms with Crippen LogP contribution in [0.25, 0.3) is 0 Å². The van der Waals surface area contributed by atoms with Crippen LogP contribution in [-0.2, 0) is 9.53 Å². The molecule has 1 spiro atoms. The molecule has 1 aromatic rings. The summed E-state index contributed by atoms with van der Waals surface area (Å²) in [6.45, 7) is 2.67. The van der Waals surface area contributed by atoms with Gasteiger partial charge in [-0.2, -0.15) is 0 Å². The summed E-state index contributed by atoms with van der Waals surface area (Å²) in [4.78, 5) is 34.1. The van der Waals surface area contributed by atoms with Crippen LogP contribution in [0.15, 0.2) is 24.5 Å². The van der Waals surface area contributed by atoms with Crippen LogP contribution >= 0.6 is 0 Å². The van der Waals surface area contributed by atoms with E-state index in [-0.39, 0.29) is 23.5 Å². The van der Waals surface area contributed by atoms with Crippen molar-refractivity contribution < 1.29 is 14.3 Å². The molecule has 1 atom stereocenters. The van der Waals surface area contributed by atoms with Crippen LogP contribution < -0.4 is 5.32 Å². The van der Waals surface area contributed by atoms with Crippen molar-refractivity contribution in [3.8, 4) is 0 Å². The molecule has 30 heavy (non-hydrogen) atoms. The number of likely N-dealkylation sites (tertiary alicyclic amines) is 2. The summed E-state index contributed by atoms with van der Waals surface area (Å²) in [6, 6.07) is 4.51. The van der Waals surface area contributed by atoms with Gasteiger partial charge in [-0.3, -0.25) is 9.78 Å². The Balaban J connectivity index is 1.40. The highest BCUT2D eigenvalue weighted by Crippen LogP contribution is 2.59. The number of pyridine rings is 1. The Hall–Kier alpha value is -2.15. The summed E-state index contributed by atoms with van der Waals surface area (Å²) in [5.74, 6) is 0.339. The lowest BCUT2D eigenvalue weighted by molar-refractivity contribution is -0.186. The van der Waals surface area contributed by atoms with Gasteiger partial charge in [0.25, 0.3) is 0 Å². The number of ether oxygens (including phenoxy) is 1. The summed E-state index contributed by atoms with van der Waals surface area (Å²) < 4.78 is 5.03. The minimum atomic E-state index is -0.213. The maximum Gasteiger partial charge on any atom is 0.317 e. The van der Waals surface area contributed by atoms with Crippen LogP contribution in [-0.4, -0.2) is 66.1 Å². The van der Waals surface area contributed by atoms with Gasteiger partial charge >= 0.3 is 6.03 Å². The number of carbonyl (C=O) groups is 2. The zero-order valence-electron chi connectivity index (χ0n) is 18.0. The normalized spacial score (nSPS) is 24.0. The van der Waals surface area contributed by atoms with E-state index < -0.39 is 0 Å². The van der Waals surface area contributed by atoms with Crippen LogP contribution in [0.5, 0.6) is 0 Å². The minimum Gasteiger partial charge on any atom is -0.385 e. The topological polar surface area (TPSA) is 74.8 Å². The summed E-state index contributed by atoms with van der Waals surface area (Å²) in [6.07, 6.45) is 11.7. The molecule has 0 bridgehead atoms. The molecule has 3 heterocycles. The highest BCUT2D eigenvalue weighted by atomic mass is 16.5. The molecule has 1 N–H and O–H groups in total. The minimum absolute atomic E-state index is 0.00563. The second kappa shape index (κ2) is 9.33. The standard InChI is InChI=1S/C23H34N4O3/c1-30-17-5-12-25-22(29)26-15-8-19(9-16-26)27-20(18-6-13-24-14-7-18)23(21(27)28)10-3-2-4-11-23/h6-7,13-14,19-20H,2-5,8-12,15-17H2,1H3,(H,25,29). The first-order valence-corrected chi connectivity index (χ1v) is 11.4. The molecule has 4 rings (SSSR count). The predicted molar refractivity (Wildman–Crippen MR) is 114 cm³/mol. The van der Waals surface area contributed by atoms with E-state index in [9.17, 15) is 9.59 Å². The summed E-state index contributed by atoms with van der Waals surface area (Å²) in [5.41, 5.74) is 1.000. The zero-order chi connectivity index (χ0) is 21.0. The molecule has 2 saturated heterocycles. The number of β-lactam (4-membered cyclic amide) rings is 1. The first-order valence-electron chi connectivity index (χ1n) is 11.4. The van der Waals surface area contributed by atoms with Crippen LogP contribution in [0.4, 0.5) is 4.79 Å². The Morgan fingerprint density at radius 3 is 2.57 bits per heavy atom. The van der Waals surface area contributed by atoms with Crippen molar-refractivity contribution in [3.05, 3.63) is 30.1 Å². The van der Waals surface area contributed by atoms with Crippen LogP contribution in [0.3, 0.4) is 0 Å². The number of rotatable bonds is 6. The summed E-state index contributed by atoms with van der Waals surface area (Å²) >= 11 is 0. The van der Waals surface area contributed by atoms with Gasteiger partial charge < -0.3 is 19.9 Å². The smallest absolute Gasteiger partial charge is 0.317 e. The second-order valence-electron chi connectivity index (χ2n) is 8.91. The number of piperidine rings is 1. The highest BCUT2D eigenvalue weighted by Gasteiger charge is 2.62. The third kappa shape index (κ3) is 3.92. The maximum absolute atomic E-state index is 13.4. The van der Waals surface area contributed by atoms with E-state index >= 15 is 0 Å². The van der Waals surface area contributed by atoms with Crippen molar-refractivity contribution >= 4 is 11.9 Å². The molecule has 2 aliphatic heterocycles. The molecule has 1 unspecified atom stereocenters. The fraction of sp³-hybridized carbons (Fsp3) is 0.696. The van der Waals surface area contributed by atoms with Crippen LogP contribution in [0.1, 0.15) is 63.0 Å². The van der Waals surface area contributed by atoms with Crippen molar-refractivity contribution in [1.82, 2.24) is 20.1 Å². The Kier molecular flexibility index (Phi) is 6.56. The van der Waals surface area contributed by atoms with Gasteiger partial charge in [-0.25, -0.2) is 4.79 Å². The third-order valence-corrected chi connectivity index (χ3v) is 7.18. The molecule has 0 aromatic carbocycles. The predicted octanol–water partition coefficient (Wildman–Crippen LogP) is 3.13. The number of hydrogen-bond acceptors (Lipinski definition) is 4. The van der Waals surface area contributed by atoms with Crippen molar-refractivity contribution in [3.63, 3.8) is 0 Å². The van der Waals surface area contributed by atoms with E-state index in [0.717, 1.165) is 44.9 Å². The Morgan fingerprint density at radius 1 is 1.20 bits per heavy atom. The fourth-order valence-corrected chi connectivity index (χ4v) is 5.63. The van der Waals surface area contributed by atoms with Crippen molar-refractivity contribution in [2.24, 2.45) is 5.41 Å². The number of methoxy groups -OCH3 is 1. The first-order chi connectivity index (χ1) is 14.7. The van der Waals surface area contributed by atoms with Gasteiger partial charge in [0.1, 0.15) is 0 Å².